The fourth-order valence-corrected chi connectivity index (χ4v) is 3.40. The van der Waals surface area contributed by atoms with Crippen molar-refractivity contribution in [2.45, 2.75) is 37.5 Å². The Morgan fingerprint density at radius 1 is 1.12 bits per heavy atom. The van der Waals surface area contributed by atoms with Crippen LogP contribution in [0.2, 0.25) is 5.15 Å². The van der Waals surface area contributed by atoms with Crippen LogP contribution < -0.4 is 11.2 Å². The zero-order chi connectivity index (χ0) is 18.0. The first-order chi connectivity index (χ1) is 12.5. The van der Waals surface area contributed by atoms with Crippen LogP contribution >= 0.6 is 11.6 Å². The molecule has 0 saturated heterocycles. The van der Waals surface area contributed by atoms with Crippen LogP contribution in [0.5, 0.6) is 0 Å². The van der Waals surface area contributed by atoms with Gasteiger partial charge in [0.1, 0.15) is 6.33 Å². The molecule has 5 rings (SSSR count). The Morgan fingerprint density at radius 3 is 2.31 bits per heavy atom. The summed E-state index contributed by atoms with van der Waals surface area (Å²) in [7, 11) is 0. The minimum Gasteiger partial charge on any atom is -0.273 e. The van der Waals surface area contributed by atoms with E-state index in [1.165, 1.54) is 10.9 Å². The lowest BCUT2D eigenvalue weighted by atomic mass is 10.1. The van der Waals surface area contributed by atoms with Crippen molar-refractivity contribution < 1.29 is 4.39 Å². The number of hydrogen-bond acceptors (Lipinski definition) is 5. The lowest BCUT2D eigenvalue weighted by Crippen LogP contribution is -2.31. The van der Waals surface area contributed by atoms with E-state index < -0.39 is 22.2 Å². The average Bonchev–Trinajstić information content (AvgIpc) is 3.49. The van der Waals surface area contributed by atoms with Gasteiger partial charge in [-0.25, -0.2) is 28.7 Å². The first-order valence-electron chi connectivity index (χ1n) is 8.41. The first-order valence-corrected chi connectivity index (χ1v) is 8.78. The highest BCUT2D eigenvalue weighted by Gasteiger charge is 2.36. The van der Waals surface area contributed by atoms with Gasteiger partial charge in [0.05, 0.1) is 22.5 Å². The normalized spacial score (nSPS) is 17.0. The molecule has 0 aromatic carbocycles. The minimum atomic E-state index is -0.816. The van der Waals surface area contributed by atoms with Gasteiger partial charge in [-0.3, -0.25) is 9.78 Å². The summed E-state index contributed by atoms with van der Waals surface area (Å²) in [5.41, 5.74) is 0.736. The monoisotopic (exact) mass is 373 g/mol. The zero-order valence-electron chi connectivity index (χ0n) is 13.5. The molecular weight excluding hydrogens is 361 g/mol. The Morgan fingerprint density at radius 2 is 1.73 bits per heavy atom. The third-order valence-electron chi connectivity index (χ3n) is 4.82. The molecule has 0 spiro atoms. The Bertz CT molecular complexity index is 1150. The number of rotatable bonds is 3. The highest BCUT2D eigenvalue weighted by Crippen LogP contribution is 2.47. The summed E-state index contributed by atoms with van der Waals surface area (Å²) in [5, 5.41) is -0.437. The van der Waals surface area contributed by atoms with E-state index in [1.54, 1.807) is 0 Å². The molecule has 0 radical (unpaired) electrons. The molecule has 9 heteroatoms. The molecule has 2 aliphatic carbocycles. The second-order valence-electron chi connectivity index (χ2n) is 6.77. The third kappa shape index (κ3) is 2.36. The third-order valence-corrected chi connectivity index (χ3v) is 5.09. The van der Waals surface area contributed by atoms with E-state index in [1.807, 2.05) is 0 Å². The van der Waals surface area contributed by atoms with Gasteiger partial charge in [0, 0.05) is 11.8 Å². The maximum atomic E-state index is 13.8. The second-order valence-corrected chi connectivity index (χ2v) is 7.13. The molecule has 2 fully saturated rings. The SMILES string of the molecule is O=c1[nH]c(=O)n(-c2c(C3CC3)ncnc2C2CC2)c2nc(Cl)c(F)cc12. The van der Waals surface area contributed by atoms with Crippen molar-refractivity contribution in [2.24, 2.45) is 0 Å². The molecule has 0 unspecified atom stereocenters. The van der Waals surface area contributed by atoms with Gasteiger partial charge in [-0.2, -0.15) is 0 Å². The molecule has 0 amide bonds. The maximum Gasteiger partial charge on any atom is 0.334 e. The number of aromatic amines is 1. The Labute approximate surface area is 150 Å². The summed E-state index contributed by atoms with van der Waals surface area (Å²) in [5.74, 6) is -0.324. The number of hydrogen-bond donors (Lipinski definition) is 1. The van der Waals surface area contributed by atoms with Crippen molar-refractivity contribution in [3.05, 3.63) is 55.6 Å². The standard InChI is InChI=1S/C17H13ClFN5O2/c18-14-10(19)5-9-15(22-14)24(17(26)23-16(9)25)13-11(7-1-2-7)20-6-21-12(13)8-3-4-8/h5-8H,1-4H2,(H,23,25,26). The Hall–Kier alpha value is -2.61. The lowest BCUT2D eigenvalue weighted by molar-refractivity contribution is 0.623. The molecule has 3 aromatic heterocycles. The maximum absolute atomic E-state index is 13.8. The molecule has 132 valence electrons. The van der Waals surface area contributed by atoms with Crippen molar-refractivity contribution in [1.82, 2.24) is 24.5 Å². The molecule has 1 N–H and O–H groups in total. The number of pyridine rings is 1. The van der Waals surface area contributed by atoms with Gasteiger partial charge in [-0.1, -0.05) is 11.6 Å². The van der Waals surface area contributed by atoms with Crippen LogP contribution in [0.4, 0.5) is 4.39 Å². The van der Waals surface area contributed by atoms with Crippen LogP contribution in [0, 0.1) is 5.82 Å². The highest BCUT2D eigenvalue weighted by atomic mass is 35.5. The summed E-state index contributed by atoms with van der Waals surface area (Å²) in [6.07, 6.45) is 5.43. The molecule has 7 nitrogen and oxygen atoms in total. The highest BCUT2D eigenvalue weighted by molar-refractivity contribution is 6.29. The van der Waals surface area contributed by atoms with Gasteiger partial charge in [-0.05, 0) is 31.7 Å². The minimum absolute atomic E-state index is 0.0174. The predicted octanol–water partition coefficient (Wildman–Crippen LogP) is 2.41. The largest absolute Gasteiger partial charge is 0.334 e. The van der Waals surface area contributed by atoms with E-state index in [4.69, 9.17) is 11.6 Å². The molecule has 3 heterocycles. The second kappa shape index (κ2) is 5.44. The van der Waals surface area contributed by atoms with Gasteiger partial charge in [0.15, 0.2) is 16.6 Å². The fourth-order valence-electron chi connectivity index (χ4n) is 3.27. The Balaban J connectivity index is 1.93. The number of aromatic nitrogens is 5. The average molecular weight is 374 g/mol. The number of halogens is 2. The predicted molar refractivity (Wildman–Crippen MR) is 92.5 cm³/mol. The van der Waals surface area contributed by atoms with Crippen LogP contribution in [0.1, 0.15) is 48.9 Å². The van der Waals surface area contributed by atoms with Gasteiger partial charge < -0.3 is 0 Å². The van der Waals surface area contributed by atoms with Crippen molar-refractivity contribution in [3.8, 4) is 5.69 Å². The number of nitrogens with zero attached hydrogens (tertiary/aromatic N) is 4. The van der Waals surface area contributed by atoms with Gasteiger partial charge in [-0.15, -0.1) is 0 Å². The molecule has 0 aliphatic heterocycles. The van der Waals surface area contributed by atoms with E-state index in [0.717, 1.165) is 43.1 Å². The number of H-pyrrole nitrogens is 1. The van der Waals surface area contributed by atoms with Crippen molar-refractivity contribution in [2.75, 3.05) is 0 Å². The molecule has 0 atom stereocenters. The van der Waals surface area contributed by atoms with Crippen LogP contribution in [0.3, 0.4) is 0 Å². The van der Waals surface area contributed by atoms with Gasteiger partial charge >= 0.3 is 5.69 Å². The van der Waals surface area contributed by atoms with E-state index >= 15 is 0 Å². The topological polar surface area (TPSA) is 93.5 Å². The summed E-state index contributed by atoms with van der Waals surface area (Å²) in [6, 6.07) is 0.997. The molecule has 2 saturated carbocycles. The number of nitrogens with one attached hydrogen (secondary N) is 1. The van der Waals surface area contributed by atoms with Crippen molar-refractivity contribution in [3.63, 3.8) is 0 Å². The lowest BCUT2D eigenvalue weighted by Gasteiger charge is -2.16. The van der Waals surface area contributed by atoms with Crippen molar-refractivity contribution in [1.29, 1.82) is 0 Å². The van der Waals surface area contributed by atoms with Crippen LogP contribution in [-0.2, 0) is 0 Å². The summed E-state index contributed by atoms with van der Waals surface area (Å²) in [6.45, 7) is 0. The van der Waals surface area contributed by atoms with E-state index in [0.29, 0.717) is 5.69 Å². The van der Waals surface area contributed by atoms with Gasteiger partial charge in [0.25, 0.3) is 5.56 Å². The summed E-state index contributed by atoms with van der Waals surface area (Å²) < 4.78 is 15.1. The fraction of sp³-hybridized carbons (Fsp3) is 0.353. The van der Waals surface area contributed by atoms with Crippen LogP contribution in [-0.4, -0.2) is 24.5 Å². The van der Waals surface area contributed by atoms with Gasteiger partial charge in [0.2, 0.25) is 0 Å². The van der Waals surface area contributed by atoms with Crippen LogP contribution in [0.15, 0.2) is 22.0 Å². The molecular formula is C17H13ClFN5O2. The quantitative estimate of drug-likeness (QED) is 0.711. The number of fused-ring (bicyclic) bond motifs is 1. The summed E-state index contributed by atoms with van der Waals surface area (Å²) >= 11 is 5.84. The molecule has 3 aromatic rings. The Kier molecular flexibility index (Phi) is 3.27. The van der Waals surface area contributed by atoms with E-state index in [2.05, 4.69) is 19.9 Å². The van der Waals surface area contributed by atoms with Crippen molar-refractivity contribution >= 4 is 22.6 Å². The van der Waals surface area contributed by atoms with E-state index in [9.17, 15) is 14.0 Å². The van der Waals surface area contributed by atoms with Crippen LogP contribution in [0.25, 0.3) is 16.7 Å². The smallest absolute Gasteiger partial charge is 0.273 e. The zero-order valence-corrected chi connectivity index (χ0v) is 14.3. The molecule has 0 bridgehead atoms. The first kappa shape index (κ1) is 15.6. The summed E-state index contributed by atoms with van der Waals surface area (Å²) in [4.78, 5) is 39.9. The van der Waals surface area contributed by atoms with E-state index in [-0.39, 0.29) is 22.9 Å². The molecule has 2 aliphatic rings. The molecule has 26 heavy (non-hydrogen) atoms.